The lowest BCUT2D eigenvalue weighted by molar-refractivity contribution is 0.356. The highest BCUT2D eigenvalue weighted by Crippen LogP contribution is 1.96. The van der Waals surface area contributed by atoms with E-state index in [9.17, 15) is 8.42 Å². The predicted octanol–water partition coefficient (Wildman–Crippen LogP) is 0.590. The van der Waals surface area contributed by atoms with Crippen LogP contribution in [-0.2, 0) is 9.84 Å². The number of hydrogen-bond acceptors (Lipinski definition) is 3. The molecule has 12 heavy (non-hydrogen) atoms. The fourth-order valence-electron chi connectivity index (χ4n) is 0.842. The first-order valence-electron chi connectivity index (χ1n) is 3.81. The van der Waals surface area contributed by atoms with Gasteiger partial charge in [-0.05, 0) is 14.0 Å². The van der Waals surface area contributed by atoms with Gasteiger partial charge < -0.3 is 4.90 Å². The van der Waals surface area contributed by atoms with Crippen LogP contribution in [0.5, 0.6) is 0 Å². The summed E-state index contributed by atoms with van der Waals surface area (Å²) in [7, 11) is -0.975. The first-order chi connectivity index (χ1) is 5.31. The van der Waals surface area contributed by atoms with Crippen molar-refractivity contribution >= 4 is 21.4 Å². The smallest absolute Gasteiger partial charge is 0.148 e. The fourth-order valence-corrected chi connectivity index (χ4v) is 1.72. The van der Waals surface area contributed by atoms with Crippen LogP contribution in [0.1, 0.15) is 6.92 Å². The minimum absolute atomic E-state index is 0.0644. The molecule has 0 saturated carbocycles. The van der Waals surface area contributed by atoms with Crippen molar-refractivity contribution in [3.05, 3.63) is 0 Å². The summed E-state index contributed by atoms with van der Waals surface area (Å²) < 4.78 is 21.5. The van der Waals surface area contributed by atoms with Crippen molar-refractivity contribution in [2.45, 2.75) is 12.3 Å². The van der Waals surface area contributed by atoms with Crippen LogP contribution < -0.4 is 0 Å². The Labute approximate surface area is 79.6 Å². The third-order valence-electron chi connectivity index (χ3n) is 1.41. The molecule has 0 heterocycles. The molecular weight excluding hydrogens is 198 g/mol. The summed E-state index contributed by atoms with van der Waals surface area (Å²) in [6.07, 6.45) is 1.24. The van der Waals surface area contributed by atoms with Crippen molar-refractivity contribution < 1.29 is 8.42 Å². The Hall–Kier alpha value is 0.200. The number of nitrogens with zero attached hydrogens (tertiary/aromatic N) is 1. The van der Waals surface area contributed by atoms with E-state index in [1.54, 1.807) is 0 Å². The van der Waals surface area contributed by atoms with Crippen molar-refractivity contribution in [2.75, 3.05) is 32.1 Å². The summed E-state index contributed by atoms with van der Waals surface area (Å²) in [5.74, 6) is 0.201. The summed E-state index contributed by atoms with van der Waals surface area (Å²) in [5.41, 5.74) is 0. The van der Waals surface area contributed by atoms with Crippen molar-refractivity contribution in [2.24, 2.45) is 0 Å². The molecule has 0 saturated heterocycles. The Kier molecular flexibility index (Phi) is 5.13. The maximum absolute atomic E-state index is 10.8. The van der Waals surface area contributed by atoms with Gasteiger partial charge in [-0.15, -0.1) is 11.6 Å². The molecule has 0 aromatic carbocycles. The van der Waals surface area contributed by atoms with Crippen LogP contribution in [0.4, 0.5) is 0 Å². The van der Waals surface area contributed by atoms with Gasteiger partial charge in [0.25, 0.3) is 0 Å². The molecule has 3 nitrogen and oxygen atoms in total. The first-order valence-corrected chi connectivity index (χ1v) is 6.31. The summed E-state index contributed by atoms with van der Waals surface area (Å²) >= 11 is 5.73. The molecule has 0 aliphatic rings. The minimum atomic E-state index is -2.84. The standard InChI is InChI=1S/C7H16ClNO2S/c1-7(8)6-9(2)4-5-12(3,10)11/h7H,4-6H2,1-3H3. The van der Waals surface area contributed by atoms with Gasteiger partial charge in [-0.3, -0.25) is 0 Å². The first kappa shape index (κ1) is 12.2. The molecule has 1 unspecified atom stereocenters. The molecule has 0 N–H and O–H groups in total. The second-order valence-electron chi connectivity index (χ2n) is 3.17. The zero-order valence-electron chi connectivity index (χ0n) is 7.75. The SMILES string of the molecule is CC(Cl)CN(C)CCS(C)(=O)=O. The highest BCUT2D eigenvalue weighted by Gasteiger charge is 2.06. The molecule has 0 aromatic heterocycles. The topological polar surface area (TPSA) is 37.4 Å². The molecule has 1 atom stereocenters. The Morgan fingerprint density at radius 3 is 2.33 bits per heavy atom. The Morgan fingerprint density at radius 2 is 2.00 bits per heavy atom. The average molecular weight is 214 g/mol. The van der Waals surface area contributed by atoms with Gasteiger partial charge in [0.2, 0.25) is 0 Å². The molecular formula is C7H16ClNO2S. The average Bonchev–Trinajstić information content (AvgIpc) is 1.80. The molecule has 0 bridgehead atoms. The summed E-state index contributed by atoms with van der Waals surface area (Å²) in [5, 5.41) is 0.0644. The second kappa shape index (κ2) is 5.04. The van der Waals surface area contributed by atoms with Crippen LogP contribution in [0.25, 0.3) is 0 Å². The molecule has 0 aliphatic heterocycles. The molecule has 74 valence electrons. The van der Waals surface area contributed by atoms with Gasteiger partial charge in [0.15, 0.2) is 0 Å². The maximum Gasteiger partial charge on any atom is 0.148 e. The van der Waals surface area contributed by atoms with Crippen LogP contribution in [-0.4, -0.2) is 50.8 Å². The zero-order chi connectivity index (χ0) is 9.78. The van der Waals surface area contributed by atoms with Crippen molar-refractivity contribution in [1.82, 2.24) is 4.90 Å². The minimum Gasteiger partial charge on any atom is -0.304 e. The number of rotatable bonds is 5. The molecule has 0 aromatic rings. The number of alkyl halides is 1. The van der Waals surface area contributed by atoms with Crippen LogP contribution >= 0.6 is 11.6 Å². The van der Waals surface area contributed by atoms with Crippen LogP contribution in [0, 0.1) is 0 Å². The van der Waals surface area contributed by atoms with E-state index in [1.807, 2.05) is 18.9 Å². The Balaban J connectivity index is 3.65. The third kappa shape index (κ3) is 8.30. The molecule has 5 heteroatoms. The third-order valence-corrected chi connectivity index (χ3v) is 2.47. The van der Waals surface area contributed by atoms with Crippen molar-refractivity contribution in [3.8, 4) is 0 Å². The maximum atomic E-state index is 10.8. The number of hydrogen-bond donors (Lipinski definition) is 0. The van der Waals surface area contributed by atoms with E-state index in [1.165, 1.54) is 6.26 Å². The fraction of sp³-hybridized carbons (Fsp3) is 1.00. The van der Waals surface area contributed by atoms with E-state index in [4.69, 9.17) is 11.6 Å². The van der Waals surface area contributed by atoms with E-state index < -0.39 is 9.84 Å². The predicted molar refractivity (Wildman–Crippen MR) is 52.5 cm³/mol. The highest BCUT2D eigenvalue weighted by atomic mass is 35.5. The van der Waals surface area contributed by atoms with Gasteiger partial charge in [0, 0.05) is 24.7 Å². The summed E-state index contributed by atoms with van der Waals surface area (Å²) in [6, 6.07) is 0. The van der Waals surface area contributed by atoms with Gasteiger partial charge in [0.1, 0.15) is 9.84 Å². The monoisotopic (exact) mass is 213 g/mol. The van der Waals surface area contributed by atoms with Crippen LogP contribution in [0.2, 0.25) is 0 Å². The molecule has 0 radical (unpaired) electrons. The molecule has 0 fully saturated rings. The van der Waals surface area contributed by atoms with Crippen molar-refractivity contribution in [1.29, 1.82) is 0 Å². The van der Waals surface area contributed by atoms with Crippen molar-refractivity contribution in [3.63, 3.8) is 0 Å². The Morgan fingerprint density at radius 1 is 1.50 bits per heavy atom. The van der Waals surface area contributed by atoms with E-state index in [0.717, 1.165) is 6.54 Å². The molecule has 0 aliphatic carbocycles. The van der Waals surface area contributed by atoms with E-state index >= 15 is 0 Å². The van der Waals surface area contributed by atoms with Gasteiger partial charge in [-0.2, -0.15) is 0 Å². The molecule has 0 rings (SSSR count). The quantitative estimate of drug-likeness (QED) is 0.628. The zero-order valence-corrected chi connectivity index (χ0v) is 9.32. The van der Waals surface area contributed by atoms with E-state index in [-0.39, 0.29) is 11.1 Å². The number of sulfone groups is 1. The van der Waals surface area contributed by atoms with Gasteiger partial charge in [-0.1, -0.05) is 0 Å². The van der Waals surface area contributed by atoms with Gasteiger partial charge in [-0.25, -0.2) is 8.42 Å². The lowest BCUT2D eigenvalue weighted by atomic mass is 10.4. The molecule has 0 amide bonds. The largest absolute Gasteiger partial charge is 0.304 e. The highest BCUT2D eigenvalue weighted by molar-refractivity contribution is 7.90. The Bertz CT molecular complexity index is 213. The van der Waals surface area contributed by atoms with Gasteiger partial charge in [0.05, 0.1) is 5.75 Å². The lowest BCUT2D eigenvalue weighted by Crippen LogP contribution is -2.29. The van der Waals surface area contributed by atoms with Crippen LogP contribution in [0.3, 0.4) is 0 Å². The van der Waals surface area contributed by atoms with Crippen LogP contribution in [0.15, 0.2) is 0 Å². The summed E-state index contributed by atoms with van der Waals surface area (Å²) in [6.45, 7) is 3.16. The number of halogens is 1. The lowest BCUT2D eigenvalue weighted by Gasteiger charge is -2.16. The normalized spacial score (nSPS) is 15.1. The van der Waals surface area contributed by atoms with E-state index in [2.05, 4.69) is 0 Å². The second-order valence-corrected chi connectivity index (χ2v) is 6.18. The summed E-state index contributed by atoms with van der Waals surface area (Å²) in [4.78, 5) is 1.92. The van der Waals surface area contributed by atoms with Gasteiger partial charge >= 0.3 is 0 Å². The molecule has 0 spiro atoms. The van der Waals surface area contributed by atoms with E-state index in [0.29, 0.717) is 6.54 Å².